The van der Waals surface area contributed by atoms with Crippen LogP contribution in [-0.2, 0) is 13.1 Å². The van der Waals surface area contributed by atoms with Crippen LogP contribution in [0.5, 0.6) is 0 Å². The van der Waals surface area contributed by atoms with Gasteiger partial charge in [-0.15, -0.1) is 5.10 Å². The van der Waals surface area contributed by atoms with Crippen molar-refractivity contribution in [3.63, 3.8) is 0 Å². The van der Waals surface area contributed by atoms with Crippen LogP contribution in [0.2, 0.25) is 0 Å². The molecular formula is C14H16N4O3. The molecule has 0 saturated carbocycles. The van der Waals surface area contributed by atoms with E-state index < -0.39 is 6.10 Å². The molecule has 2 heterocycles. The van der Waals surface area contributed by atoms with E-state index in [4.69, 9.17) is 4.42 Å². The lowest BCUT2D eigenvalue weighted by Crippen LogP contribution is -2.18. The van der Waals surface area contributed by atoms with Gasteiger partial charge >= 0.3 is 5.76 Å². The van der Waals surface area contributed by atoms with E-state index in [0.717, 1.165) is 5.52 Å². The van der Waals surface area contributed by atoms with E-state index in [2.05, 4.69) is 10.3 Å². The molecule has 0 spiro atoms. The fraction of sp³-hybridized carbons (Fsp3) is 0.357. The van der Waals surface area contributed by atoms with Crippen LogP contribution in [0, 0.1) is 0 Å². The van der Waals surface area contributed by atoms with Crippen LogP contribution in [0.3, 0.4) is 0 Å². The van der Waals surface area contributed by atoms with Gasteiger partial charge in [0.2, 0.25) is 0 Å². The summed E-state index contributed by atoms with van der Waals surface area (Å²) in [7, 11) is 0. The molecule has 1 N–H and O–H groups in total. The molecule has 0 saturated heterocycles. The summed E-state index contributed by atoms with van der Waals surface area (Å²) in [5.41, 5.74) is 1.88. The second kappa shape index (κ2) is 5.53. The molecule has 0 bridgehead atoms. The number of aromatic nitrogens is 4. The molecule has 0 aliphatic rings. The maximum atomic E-state index is 11.8. The van der Waals surface area contributed by atoms with E-state index in [1.807, 2.05) is 25.1 Å². The highest BCUT2D eigenvalue weighted by atomic mass is 16.4. The van der Waals surface area contributed by atoms with Crippen molar-refractivity contribution in [1.82, 2.24) is 19.6 Å². The quantitative estimate of drug-likeness (QED) is 0.765. The Morgan fingerprint density at radius 3 is 2.95 bits per heavy atom. The molecule has 7 nitrogen and oxygen atoms in total. The minimum atomic E-state index is -0.601. The normalized spacial score (nSPS) is 12.9. The lowest BCUT2D eigenvalue weighted by Gasteiger charge is -2.02. The number of benzene rings is 1. The Hall–Kier alpha value is -2.41. The van der Waals surface area contributed by atoms with E-state index in [-0.39, 0.29) is 5.76 Å². The molecule has 1 atom stereocenters. The summed E-state index contributed by atoms with van der Waals surface area (Å²) in [5.74, 6) is -0.384. The van der Waals surface area contributed by atoms with E-state index in [9.17, 15) is 9.90 Å². The van der Waals surface area contributed by atoms with Crippen molar-refractivity contribution >= 4 is 11.1 Å². The number of para-hydroxylation sites is 2. The second-order valence-corrected chi connectivity index (χ2v) is 4.82. The zero-order valence-electron chi connectivity index (χ0n) is 11.6. The standard InChI is InChI=1S/C14H16N4O3/c1-2-12(19)10-9-17(16-15-10)7-8-18-11-5-3-4-6-13(11)21-14(18)20/h3-6,9,12,19H,2,7-8H2,1H3. The summed E-state index contributed by atoms with van der Waals surface area (Å²) in [6.45, 7) is 2.79. The largest absolute Gasteiger partial charge is 0.420 e. The zero-order valence-corrected chi connectivity index (χ0v) is 11.6. The predicted octanol–water partition coefficient (Wildman–Crippen LogP) is 1.33. The van der Waals surface area contributed by atoms with E-state index in [1.54, 1.807) is 21.5 Å². The number of nitrogens with zero attached hydrogens (tertiary/aromatic N) is 4. The van der Waals surface area contributed by atoms with Gasteiger partial charge in [-0.25, -0.2) is 4.79 Å². The third kappa shape index (κ3) is 2.59. The first-order valence-electron chi connectivity index (χ1n) is 6.85. The van der Waals surface area contributed by atoms with Gasteiger partial charge in [-0.2, -0.15) is 0 Å². The third-order valence-corrected chi connectivity index (χ3v) is 3.41. The molecule has 1 unspecified atom stereocenters. The fourth-order valence-corrected chi connectivity index (χ4v) is 2.21. The highest BCUT2D eigenvalue weighted by molar-refractivity contribution is 5.72. The predicted molar refractivity (Wildman–Crippen MR) is 75.7 cm³/mol. The molecule has 0 radical (unpaired) electrons. The van der Waals surface area contributed by atoms with Crippen LogP contribution in [0.15, 0.2) is 39.7 Å². The summed E-state index contributed by atoms with van der Waals surface area (Å²) in [6.07, 6.45) is 1.68. The zero-order chi connectivity index (χ0) is 14.8. The number of aryl methyl sites for hydroxylation is 2. The van der Waals surface area contributed by atoms with Gasteiger partial charge in [-0.1, -0.05) is 24.3 Å². The van der Waals surface area contributed by atoms with Gasteiger partial charge < -0.3 is 9.52 Å². The number of aliphatic hydroxyl groups is 1. The molecule has 3 aromatic rings. The average molecular weight is 288 g/mol. The average Bonchev–Trinajstić information content (AvgIpc) is 3.08. The van der Waals surface area contributed by atoms with Crippen LogP contribution in [0.4, 0.5) is 0 Å². The Labute approximate surface area is 120 Å². The summed E-state index contributed by atoms with van der Waals surface area (Å²) in [5, 5.41) is 17.6. The van der Waals surface area contributed by atoms with Crippen LogP contribution < -0.4 is 5.76 Å². The third-order valence-electron chi connectivity index (χ3n) is 3.41. The highest BCUT2D eigenvalue weighted by Gasteiger charge is 2.11. The fourth-order valence-electron chi connectivity index (χ4n) is 2.21. The first kappa shape index (κ1) is 13.6. The maximum Gasteiger partial charge on any atom is 0.420 e. The number of oxazole rings is 1. The minimum Gasteiger partial charge on any atom is -0.408 e. The molecule has 0 fully saturated rings. The Bertz CT molecular complexity index is 802. The van der Waals surface area contributed by atoms with Gasteiger partial charge in [0.15, 0.2) is 5.58 Å². The molecule has 21 heavy (non-hydrogen) atoms. The number of hydrogen-bond donors (Lipinski definition) is 1. The topological polar surface area (TPSA) is 86.1 Å². The smallest absolute Gasteiger partial charge is 0.408 e. The number of fused-ring (bicyclic) bond motifs is 1. The monoisotopic (exact) mass is 288 g/mol. The van der Waals surface area contributed by atoms with E-state index >= 15 is 0 Å². The molecule has 0 aliphatic heterocycles. The molecule has 110 valence electrons. The molecule has 0 amide bonds. The van der Waals surface area contributed by atoms with Crippen molar-refractivity contribution < 1.29 is 9.52 Å². The van der Waals surface area contributed by atoms with Gasteiger partial charge in [0, 0.05) is 6.54 Å². The molecule has 1 aromatic carbocycles. The van der Waals surface area contributed by atoms with Crippen molar-refractivity contribution in [1.29, 1.82) is 0 Å². The van der Waals surface area contributed by atoms with Crippen molar-refractivity contribution in [2.45, 2.75) is 32.5 Å². The van der Waals surface area contributed by atoms with Crippen LogP contribution in [0.1, 0.15) is 25.1 Å². The van der Waals surface area contributed by atoms with Crippen LogP contribution in [0.25, 0.3) is 11.1 Å². The summed E-state index contributed by atoms with van der Waals surface area (Å²) < 4.78 is 8.35. The van der Waals surface area contributed by atoms with Gasteiger partial charge in [-0.3, -0.25) is 9.25 Å². The SMILES string of the molecule is CCC(O)c1cn(CCn2c(=O)oc3ccccc32)nn1. The summed E-state index contributed by atoms with van der Waals surface area (Å²) in [4.78, 5) is 11.8. The molecule has 0 aliphatic carbocycles. The van der Waals surface area contributed by atoms with Gasteiger partial charge in [0.1, 0.15) is 5.69 Å². The first-order chi connectivity index (χ1) is 10.2. The number of rotatable bonds is 5. The summed E-state index contributed by atoms with van der Waals surface area (Å²) >= 11 is 0. The van der Waals surface area contributed by atoms with Crippen molar-refractivity contribution in [3.8, 4) is 0 Å². The lowest BCUT2D eigenvalue weighted by molar-refractivity contribution is 0.168. The van der Waals surface area contributed by atoms with Crippen LogP contribution >= 0.6 is 0 Å². The van der Waals surface area contributed by atoms with Crippen molar-refractivity contribution in [2.75, 3.05) is 0 Å². The highest BCUT2D eigenvalue weighted by Crippen LogP contribution is 2.13. The van der Waals surface area contributed by atoms with Crippen molar-refractivity contribution in [2.24, 2.45) is 0 Å². The lowest BCUT2D eigenvalue weighted by atomic mass is 10.2. The number of aliphatic hydroxyl groups excluding tert-OH is 1. The molecule has 2 aromatic heterocycles. The van der Waals surface area contributed by atoms with Gasteiger partial charge in [-0.05, 0) is 18.6 Å². The van der Waals surface area contributed by atoms with Gasteiger partial charge in [0.25, 0.3) is 0 Å². The van der Waals surface area contributed by atoms with Gasteiger partial charge in [0.05, 0.1) is 24.4 Å². The van der Waals surface area contributed by atoms with Crippen LogP contribution in [-0.4, -0.2) is 24.7 Å². The Morgan fingerprint density at radius 1 is 1.33 bits per heavy atom. The minimum absolute atomic E-state index is 0.384. The Kier molecular flexibility index (Phi) is 3.57. The number of hydrogen-bond acceptors (Lipinski definition) is 5. The Morgan fingerprint density at radius 2 is 2.14 bits per heavy atom. The first-order valence-corrected chi connectivity index (χ1v) is 6.85. The van der Waals surface area contributed by atoms with E-state index in [1.165, 1.54) is 0 Å². The molecular weight excluding hydrogens is 272 g/mol. The maximum absolute atomic E-state index is 11.8. The van der Waals surface area contributed by atoms with E-state index in [0.29, 0.717) is 30.8 Å². The second-order valence-electron chi connectivity index (χ2n) is 4.82. The Balaban J connectivity index is 1.79. The molecule has 3 rings (SSSR count). The summed E-state index contributed by atoms with van der Waals surface area (Å²) in [6, 6.07) is 7.29. The molecule has 7 heteroatoms. The van der Waals surface area contributed by atoms with Crippen molar-refractivity contribution in [3.05, 3.63) is 46.7 Å².